The summed E-state index contributed by atoms with van der Waals surface area (Å²) in [5, 5.41) is 13.2. The smallest absolute Gasteiger partial charge is 0.252 e. The van der Waals surface area contributed by atoms with Gasteiger partial charge in [-0.25, -0.2) is 0 Å². The standard InChI is InChI=1S/C12H16ClNO2S2/c1-8(9-2-3-10(13)18-9)14-11(15)12(16)4-6-17-7-5-12/h2-3,8,16H,4-7H2,1H3,(H,14,15). The number of amides is 1. The molecule has 0 bridgehead atoms. The van der Waals surface area contributed by atoms with E-state index in [0.717, 1.165) is 16.4 Å². The minimum absolute atomic E-state index is 0.117. The molecule has 1 aromatic rings. The third-order valence-corrected chi connectivity index (χ3v) is 5.51. The van der Waals surface area contributed by atoms with Crippen molar-refractivity contribution >= 4 is 40.6 Å². The van der Waals surface area contributed by atoms with Crippen LogP contribution in [-0.4, -0.2) is 28.1 Å². The van der Waals surface area contributed by atoms with Gasteiger partial charge >= 0.3 is 0 Å². The fourth-order valence-corrected chi connectivity index (χ4v) is 4.13. The number of carbonyl (C=O) groups is 1. The van der Waals surface area contributed by atoms with Gasteiger partial charge in [-0.1, -0.05) is 11.6 Å². The van der Waals surface area contributed by atoms with Crippen LogP contribution >= 0.6 is 34.7 Å². The summed E-state index contributed by atoms with van der Waals surface area (Å²) in [6.45, 7) is 1.90. The second-order valence-corrected chi connectivity index (χ2v) is 7.45. The highest BCUT2D eigenvalue weighted by molar-refractivity contribution is 7.99. The summed E-state index contributed by atoms with van der Waals surface area (Å²) in [5.74, 6) is 1.41. The molecule has 6 heteroatoms. The Bertz CT molecular complexity index is 429. The zero-order valence-electron chi connectivity index (χ0n) is 10.1. The number of hydrogen-bond acceptors (Lipinski definition) is 4. The van der Waals surface area contributed by atoms with E-state index >= 15 is 0 Å². The Hall–Kier alpha value is -0.230. The summed E-state index contributed by atoms with van der Waals surface area (Å²) < 4.78 is 0.707. The van der Waals surface area contributed by atoms with Crippen LogP contribution in [0.3, 0.4) is 0 Å². The topological polar surface area (TPSA) is 49.3 Å². The molecular formula is C12H16ClNO2S2. The maximum absolute atomic E-state index is 12.1. The Morgan fingerprint density at radius 2 is 2.17 bits per heavy atom. The minimum Gasteiger partial charge on any atom is -0.380 e. The Balaban J connectivity index is 1.98. The van der Waals surface area contributed by atoms with E-state index in [9.17, 15) is 9.90 Å². The van der Waals surface area contributed by atoms with Crippen molar-refractivity contribution in [1.29, 1.82) is 0 Å². The summed E-state index contributed by atoms with van der Waals surface area (Å²) in [4.78, 5) is 13.1. The summed E-state index contributed by atoms with van der Waals surface area (Å²) in [6, 6.07) is 3.60. The molecule has 0 aliphatic carbocycles. The summed E-state index contributed by atoms with van der Waals surface area (Å²) in [7, 11) is 0. The first-order valence-corrected chi connectivity index (χ1v) is 8.22. The van der Waals surface area contributed by atoms with E-state index in [0.29, 0.717) is 17.2 Å². The van der Waals surface area contributed by atoms with E-state index in [1.54, 1.807) is 11.8 Å². The summed E-state index contributed by atoms with van der Waals surface area (Å²) in [6.07, 6.45) is 1.06. The first kappa shape index (κ1) is 14.2. The monoisotopic (exact) mass is 305 g/mol. The van der Waals surface area contributed by atoms with Crippen LogP contribution < -0.4 is 5.32 Å². The molecule has 1 amide bonds. The van der Waals surface area contributed by atoms with Crippen LogP contribution in [0.25, 0.3) is 0 Å². The number of rotatable bonds is 3. The van der Waals surface area contributed by atoms with Gasteiger partial charge in [0.15, 0.2) is 0 Å². The minimum atomic E-state index is -1.19. The van der Waals surface area contributed by atoms with Crippen LogP contribution in [0, 0.1) is 0 Å². The Kier molecular flexibility index (Phi) is 4.59. The average Bonchev–Trinajstić information content (AvgIpc) is 2.77. The fraction of sp³-hybridized carbons (Fsp3) is 0.583. The molecule has 0 saturated carbocycles. The van der Waals surface area contributed by atoms with E-state index in [1.165, 1.54) is 11.3 Å². The van der Waals surface area contributed by atoms with Crippen LogP contribution in [-0.2, 0) is 4.79 Å². The highest BCUT2D eigenvalue weighted by Gasteiger charge is 2.37. The number of aliphatic hydroxyl groups is 1. The Morgan fingerprint density at radius 1 is 1.50 bits per heavy atom. The van der Waals surface area contributed by atoms with Crippen molar-refractivity contribution in [1.82, 2.24) is 5.32 Å². The summed E-state index contributed by atoms with van der Waals surface area (Å²) in [5.41, 5.74) is -1.19. The average molecular weight is 306 g/mol. The number of carbonyl (C=O) groups excluding carboxylic acids is 1. The van der Waals surface area contributed by atoms with Crippen LogP contribution in [0.1, 0.15) is 30.7 Å². The molecule has 2 rings (SSSR count). The number of nitrogens with one attached hydrogen (secondary N) is 1. The van der Waals surface area contributed by atoms with Gasteiger partial charge in [-0.05, 0) is 43.4 Å². The highest BCUT2D eigenvalue weighted by Crippen LogP contribution is 2.30. The second-order valence-electron chi connectivity index (χ2n) is 4.48. The molecule has 1 unspecified atom stereocenters. The van der Waals surface area contributed by atoms with Gasteiger partial charge in [-0.3, -0.25) is 4.79 Å². The van der Waals surface area contributed by atoms with Crippen molar-refractivity contribution in [2.24, 2.45) is 0 Å². The van der Waals surface area contributed by atoms with Crippen LogP contribution in [0.4, 0.5) is 0 Å². The first-order chi connectivity index (χ1) is 8.51. The molecule has 1 aromatic heterocycles. The maximum atomic E-state index is 12.1. The van der Waals surface area contributed by atoms with Crippen LogP contribution in [0.2, 0.25) is 4.34 Å². The molecule has 2 heterocycles. The van der Waals surface area contributed by atoms with Gasteiger partial charge in [0.05, 0.1) is 10.4 Å². The quantitative estimate of drug-likeness (QED) is 0.903. The van der Waals surface area contributed by atoms with Crippen molar-refractivity contribution in [2.45, 2.75) is 31.4 Å². The van der Waals surface area contributed by atoms with E-state index < -0.39 is 5.60 Å². The zero-order valence-corrected chi connectivity index (χ0v) is 12.5. The van der Waals surface area contributed by atoms with E-state index in [-0.39, 0.29) is 11.9 Å². The molecule has 3 nitrogen and oxygen atoms in total. The zero-order chi connectivity index (χ0) is 13.2. The molecule has 1 fully saturated rings. The van der Waals surface area contributed by atoms with Crippen molar-refractivity contribution in [3.8, 4) is 0 Å². The number of hydrogen-bond donors (Lipinski definition) is 2. The number of thiophene rings is 1. The Morgan fingerprint density at radius 3 is 2.72 bits per heavy atom. The normalized spacial score (nSPS) is 20.4. The highest BCUT2D eigenvalue weighted by atomic mass is 35.5. The van der Waals surface area contributed by atoms with E-state index in [2.05, 4.69) is 5.32 Å². The molecule has 18 heavy (non-hydrogen) atoms. The van der Waals surface area contributed by atoms with Crippen LogP contribution in [0.15, 0.2) is 12.1 Å². The lowest BCUT2D eigenvalue weighted by molar-refractivity contribution is -0.141. The number of thioether (sulfide) groups is 1. The van der Waals surface area contributed by atoms with E-state index in [1.807, 2.05) is 19.1 Å². The molecule has 0 spiro atoms. The predicted molar refractivity (Wildman–Crippen MR) is 77.4 cm³/mol. The van der Waals surface area contributed by atoms with Crippen molar-refractivity contribution in [3.63, 3.8) is 0 Å². The molecule has 0 radical (unpaired) electrons. The third kappa shape index (κ3) is 3.20. The number of halogens is 1. The molecule has 100 valence electrons. The molecule has 0 aromatic carbocycles. The maximum Gasteiger partial charge on any atom is 0.252 e. The van der Waals surface area contributed by atoms with Crippen LogP contribution in [0.5, 0.6) is 0 Å². The molecule has 1 aliphatic rings. The van der Waals surface area contributed by atoms with Gasteiger partial charge < -0.3 is 10.4 Å². The second kappa shape index (κ2) is 5.82. The van der Waals surface area contributed by atoms with Gasteiger partial charge in [-0.2, -0.15) is 11.8 Å². The van der Waals surface area contributed by atoms with Gasteiger partial charge in [0.2, 0.25) is 0 Å². The van der Waals surface area contributed by atoms with Crippen molar-refractivity contribution in [3.05, 3.63) is 21.3 Å². The third-order valence-electron chi connectivity index (χ3n) is 3.11. The SMILES string of the molecule is CC(NC(=O)C1(O)CCSCC1)c1ccc(Cl)s1. The lowest BCUT2D eigenvalue weighted by Gasteiger charge is -2.31. The molecule has 2 N–H and O–H groups in total. The largest absolute Gasteiger partial charge is 0.380 e. The van der Waals surface area contributed by atoms with Crippen molar-refractivity contribution < 1.29 is 9.90 Å². The van der Waals surface area contributed by atoms with Gasteiger partial charge in [0.1, 0.15) is 5.60 Å². The Labute approximate surface area is 120 Å². The van der Waals surface area contributed by atoms with E-state index in [4.69, 9.17) is 11.6 Å². The summed E-state index contributed by atoms with van der Waals surface area (Å²) >= 11 is 9.10. The molecule has 1 aliphatic heterocycles. The lowest BCUT2D eigenvalue weighted by atomic mass is 9.95. The van der Waals surface area contributed by atoms with Crippen molar-refractivity contribution in [2.75, 3.05) is 11.5 Å². The molecular weight excluding hydrogens is 290 g/mol. The first-order valence-electron chi connectivity index (χ1n) is 5.87. The molecule has 1 saturated heterocycles. The van der Waals surface area contributed by atoms with Gasteiger partial charge in [-0.15, -0.1) is 11.3 Å². The fourth-order valence-electron chi connectivity index (χ4n) is 1.90. The van der Waals surface area contributed by atoms with Gasteiger partial charge in [0.25, 0.3) is 5.91 Å². The predicted octanol–water partition coefficient (Wildman–Crippen LogP) is 2.84. The van der Waals surface area contributed by atoms with Gasteiger partial charge in [0, 0.05) is 4.88 Å². The lowest BCUT2D eigenvalue weighted by Crippen LogP contribution is -2.49. The molecule has 1 atom stereocenters.